The highest BCUT2D eigenvalue weighted by molar-refractivity contribution is 7.52. The van der Waals surface area contributed by atoms with Crippen molar-refractivity contribution in [3.63, 3.8) is 0 Å². The number of amides is 3. The van der Waals surface area contributed by atoms with Gasteiger partial charge in [0.25, 0.3) is 0 Å². The fourth-order valence-electron chi connectivity index (χ4n) is 8.16. The third-order valence-corrected chi connectivity index (χ3v) is 13.6. The number of hydrogen-bond acceptors (Lipinski definition) is 7. The Hall–Kier alpha value is -6.00. The van der Waals surface area contributed by atoms with Crippen LogP contribution in [0.5, 0.6) is 11.5 Å². The van der Waals surface area contributed by atoms with Gasteiger partial charge in [-0.15, -0.1) is 0 Å². The standard InChI is InChI=1S/C55H67N4O7P/c1-5-40(4)38-56-53(61)37-52(60)51(33-39(2)3)59-55(63)50(29-16-17-32-57-67(64,65-47-24-8-6-9-25-47)66-48-26-10-7-11-27-48)58-54(62)46(35-41-30-31-42-19-12-13-21-44(42)34-41)36-45-23-18-22-43-20-14-15-28-49(43)45/h6-15,18-28,30-31,34,39-40,46,50-52,60H,5,16-17,29,32-33,35-38H2,1-4H3,(H,56,61)(H,57,64)(H,58,62)(H,59,63). The molecule has 0 aliphatic rings. The lowest BCUT2D eigenvalue weighted by Gasteiger charge is -2.29. The second-order valence-corrected chi connectivity index (χ2v) is 19.7. The highest BCUT2D eigenvalue weighted by atomic mass is 31.2. The average Bonchev–Trinajstić information content (AvgIpc) is 3.32. The minimum absolute atomic E-state index is 0.0844. The number of unbranched alkanes of at least 4 members (excludes halogenated alkanes) is 1. The lowest BCUT2D eigenvalue weighted by molar-refractivity contribution is -0.132. The molecule has 5 atom stereocenters. The van der Waals surface area contributed by atoms with Crippen molar-refractivity contribution >= 4 is 47.0 Å². The maximum atomic E-state index is 14.9. The summed E-state index contributed by atoms with van der Waals surface area (Å²) in [5.74, 6) is -0.441. The number of hydrogen-bond donors (Lipinski definition) is 5. The quantitative estimate of drug-likeness (QED) is 0.0266. The van der Waals surface area contributed by atoms with Crippen LogP contribution in [0.25, 0.3) is 21.5 Å². The third-order valence-electron chi connectivity index (χ3n) is 12.1. The number of para-hydroxylation sites is 2. The predicted molar refractivity (Wildman–Crippen MR) is 269 cm³/mol. The molecular weight excluding hydrogens is 860 g/mol. The number of benzene rings is 6. The summed E-state index contributed by atoms with van der Waals surface area (Å²) in [7, 11) is -3.91. The molecule has 0 fully saturated rings. The van der Waals surface area contributed by atoms with Gasteiger partial charge in [-0.05, 0) is 107 Å². The van der Waals surface area contributed by atoms with Crippen molar-refractivity contribution < 1.29 is 33.1 Å². The topological polar surface area (TPSA) is 155 Å². The summed E-state index contributed by atoms with van der Waals surface area (Å²) in [6.45, 7) is 8.80. The van der Waals surface area contributed by atoms with Crippen molar-refractivity contribution in [1.82, 2.24) is 21.0 Å². The van der Waals surface area contributed by atoms with Crippen LogP contribution in [0.1, 0.15) is 77.3 Å². The minimum Gasteiger partial charge on any atom is -0.405 e. The van der Waals surface area contributed by atoms with E-state index in [0.29, 0.717) is 50.1 Å². The Balaban J connectivity index is 1.23. The smallest absolute Gasteiger partial charge is 0.405 e. The van der Waals surface area contributed by atoms with E-state index in [9.17, 15) is 24.1 Å². The molecular formula is C55H67N4O7P. The van der Waals surface area contributed by atoms with E-state index < -0.39 is 37.8 Å². The van der Waals surface area contributed by atoms with Crippen LogP contribution in [-0.4, -0.2) is 54.1 Å². The largest absolute Gasteiger partial charge is 0.512 e. The van der Waals surface area contributed by atoms with Gasteiger partial charge in [-0.3, -0.25) is 14.4 Å². The first-order chi connectivity index (χ1) is 32.4. The summed E-state index contributed by atoms with van der Waals surface area (Å²) in [6.07, 6.45) is 1.98. The van der Waals surface area contributed by atoms with Gasteiger partial charge in [0.15, 0.2) is 0 Å². The molecule has 6 rings (SSSR count). The van der Waals surface area contributed by atoms with Gasteiger partial charge in [0, 0.05) is 19.0 Å². The van der Waals surface area contributed by atoms with Gasteiger partial charge in [-0.1, -0.05) is 155 Å². The van der Waals surface area contributed by atoms with Crippen molar-refractivity contribution in [2.24, 2.45) is 17.8 Å². The van der Waals surface area contributed by atoms with Crippen molar-refractivity contribution in [1.29, 1.82) is 0 Å². The fourth-order valence-corrected chi connectivity index (χ4v) is 9.55. The molecule has 0 radical (unpaired) electrons. The number of nitrogens with one attached hydrogen (secondary N) is 4. The molecule has 12 heteroatoms. The van der Waals surface area contributed by atoms with E-state index >= 15 is 0 Å². The van der Waals surface area contributed by atoms with Gasteiger partial charge in [0.2, 0.25) is 17.7 Å². The van der Waals surface area contributed by atoms with Gasteiger partial charge in [0.05, 0.1) is 18.6 Å². The first kappa shape index (κ1) is 50.4. The normalized spacial score (nSPS) is 13.9. The number of fused-ring (bicyclic) bond motifs is 2. The summed E-state index contributed by atoms with van der Waals surface area (Å²) in [4.78, 5) is 42.4. The van der Waals surface area contributed by atoms with Crippen LogP contribution in [0.15, 0.2) is 146 Å². The van der Waals surface area contributed by atoms with E-state index in [1.165, 1.54) is 0 Å². The monoisotopic (exact) mass is 926 g/mol. The Morgan fingerprint density at radius 3 is 1.97 bits per heavy atom. The predicted octanol–water partition coefficient (Wildman–Crippen LogP) is 10.3. The Bertz CT molecular complexity index is 2510. The second kappa shape index (κ2) is 25.2. The van der Waals surface area contributed by atoms with Gasteiger partial charge in [-0.2, -0.15) is 0 Å². The molecule has 0 spiro atoms. The van der Waals surface area contributed by atoms with Crippen LogP contribution in [-0.2, 0) is 31.8 Å². The number of aliphatic hydroxyl groups excluding tert-OH is 1. The SMILES string of the molecule is CCC(C)CNC(=O)CC(O)C(CC(C)C)NC(=O)C(CCCCNP(=O)(Oc1ccccc1)Oc1ccccc1)NC(=O)C(Cc1ccc2ccccc2c1)Cc1cccc2ccccc12. The molecule has 3 amide bonds. The summed E-state index contributed by atoms with van der Waals surface area (Å²) in [5.41, 5.74) is 2.02. The zero-order valence-electron chi connectivity index (χ0n) is 39.2. The van der Waals surface area contributed by atoms with Crippen molar-refractivity contribution in [2.45, 2.75) is 97.2 Å². The highest BCUT2D eigenvalue weighted by Crippen LogP contribution is 2.44. The summed E-state index contributed by atoms with van der Waals surface area (Å²) in [5, 5.41) is 27.9. The number of carbonyl (C=O) groups excluding carboxylic acids is 3. The molecule has 0 heterocycles. The maximum Gasteiger partial charge on any atom is 0.512 e. The molecule has 0 saturated carbocycles. The molecule has 5 unspecified atom stereocenters. The van der Waals surface area contributed by atoms with E-state index in [0.717, 1.165) is 39.1 Å². The van der Waals surface area contributed by atoms with Crippen molar-refractivity contribution in [3.05, 3.63) is 157 Å². The Morgan fingerprint density at radius 1 is 0.672 bits per heavy atom. The Kier molecular flexibility index (Phi) is 19.0. The van der Waals surface area contributed by atoms with E-state index in [4.69, 9.17) is 9.05 Å². The van der Waals surface area contributed by atoms with Crippen LogP contribution in [0.2, 0.25) is 0 Å². The van der Waals surface area contributed by atoms with Crippen LogP contribution < -0.4 is 30.1 Å². The Morgan fingerprint density at radius 2 is 1.30 bits per heavy atom. The molecule has 354 valence electrons. The molecule has 6 aromatic carbocycles. The van der Waals surface area contributed by atoms with Crippen LogP contribution in [0.4, 0.5) is 0 Å². The fraction of sp³-hybridized carbons (Fsp3) is 0.364. The lowest BCUT2D eigenvalue weighted by Crippen LogP contribution is -2.54. The molecule has 11 nitrogen and oxygen atoms in total. The van der Waals surface area contributed by atoms with Crippen LogP contribution in [0, 0.1) is 17.8 Å². The van der Waals surface area contributed by atoms with Gasteiger partial charge >= 0.3 is 7.75 Å². The first-order valence-electron chi connectivity index (χ1n) is 23.7. The highest BCUT2D eigenvalue weighted by Gasteiger charge is 2.32. The third kappa shape index (κ3) is 15.8. The van der Waals surface area contributed by atoms with Gasteiger partial charge in [-0.25, -0.2) is 9.65 Å². The Labute approximate surface area is 396 Å². The molecule has 0 bridgehead atoms. The molecule has 0 saturated heterocycles. The molecule has 0 aliphatic carbocycles. The average molecular weight is 927 g/mol. The molecule has 5 N–H and O–H groups in total. The first-order valence-corrected chi connectivity index (χ1v) is 25.3. The van der Waals surface area contributed by atoms with Crippen molar-refractivity contribution in [2.75, 3.05) is 13.1 Å². The zero-order valence-corrected chi connectivity index (χ0v) is 40.1. The van der Waals surface area contributed by atoms with Crippen LogP contribution >= 0.6 is 7.75 Å². The summed E-state index contributed by atoms with van der Waals surface area (Å²) < 4.78 is 26.0. The zero-order chi connectivity index (χ0) is 47.6. The maximum absolute atomic E-state index is 14.9. The number of carbonyl (C=O) groups is 3. The second-order valence-electron chi connectivity index (χ2n) is 18.0. The van der Waals surface area contributed by atoms with E-state index in [1.54, 1.807) is 48.5 Å². The molecule has 6 aromatic rings. The summed E-state index contributed by atoms with van der Waals surface area (Å²) in [6, 6.07) is 44.5. The molecule has 0 aromatic heterocycles. The molecule has 67 heavy (non-hydrogen) atoms. The number of rotatable bonds is 26. The lowest BCUT2D eigenvalue weighted by atomic mass is 9.88. The van der Waals surface area contributed by atoms with E-state index in [1.807, 2.05) is 63.2 Å². The van der Waals surface area contributed by atoms with E-state index in [-0.39, 0.29) is 43.0 Å². The van der Waals surface area contributed by atoms with E-state index in [2.05, 4.69) is 82.6 Å². The minimum atomic E-state index is -3.91. The van der Waals surface area contributed by atoms with Gasteiger partial charge in [0.1, 0.15) is 17.5 Å². The van der Waals surface area contributed by atoms with Gasteiger partial charge < -0.3 is 30.1 Å². The summed E-state index contributed by atoms with van der Waals surface area (Å²) >= 11 is 0. The van der Waals surface area contributed by atoms with Crippen molar-refractivity contribution in [3.8, 4) is 11.5 Å². The van der Waals surface area contributed by atoms with Crippen LogP contribution in [0.3, 0.4) is 0 Å². The molecule has 0 aliphatic heterocycles. The number of aliphatic hydroxyl groups is 1.